The van der Waals surface area contributed by atoms with E-state index in [2.05, 4.69) is 23.3 Å². The normalized spacial score (nSPS) is 23.0. The van der Waals surface area contributed by atoms with Crippen LogP contribution in [0.3, 0.4) is 0 Å². The van der Waals surface area contributed by atoms with Crippen molar-refractivity contribution in [2.75, 3.05) is 12.3 Å². The summed E-state index contributed by atoms with van der Waals surface area (Å²) in [5, 5.41) is 13.9. The summed E-state index contributed by atoms with van der Waals surface area (Å²) in [6.07, 6.45) is 0.769. The van der Waals surface area contributed by atoms with E-state index in [9.17, 15) is 9.59 Å². The van der Waals surface area contributed by atoms with Gasteiger partial charge in [-0.05, 0) is 13.0 Å². The number of amides is 1. The molecule has 2 unspecified atom stereocenters. The second kappa shape index (κ2) is 4.48. The second-order valence-corrected chi connectivity index (χ2v) is 3.24. The van der Waals surface area contributed by atoms with Crippen LogP contribution in [0.5, 0.6) is 0 Å². The highest BCUT2D eigenvalue weighted by Gasteiger charge is 2.27. The molecule has 0 bridgehead atoms. The third kappa shape index (κ3) is 2.60. The van der Waals surface area contributed by atoms with Gasteiger partial charge in [0.25, 0.3) is 0 Å². The van der Waals surface area contributed by atoms with Crippen molar-refractivity contribution in [1.82, 2.24) is 10.6 Å². The average molecular weight is 204 g/mol. The highest BCUT2D eigenvalue weighted by atomic mass is 32.1. The molecule has 74 valence electrons. The van der Waals surface area contributed by atoms with Crippen LogP contribution in [0.1, 0.15) is 6.42 Å². The molecule has 1 heterocycles. The minimum atomic E-state index is -1.05. The SMILES string of the molecule is O=C(O)C(CS)NC(=O)C1CCN1. The van der Waals surface area contributed by atoms with Gasteiger partial charge in [0.05, 0.1) is 6.04 Å². The van der Waals surface area contributed by atoms with Crippen LogP contribution in [0.15, 0.2) is 0 Å². The Balaban J connectivity index is 2.36. The Labute approximate surface area is 81.3 Å². The predicted octanol–water partition coefficient (Wildman–Crippen LogP) is -1.15. The zero-order valence-electron chi connectivity index (χ0n) is 6.99. The Morgan fingerprint density at radius 1 is 1.69 bits per heavy atom. The number of thiol groups is 1. The minimum absolute atomic E-state index is 0.105. The monoisotopic (exact) mass is 204 g/mol. The van der Waals surface area contributed by atoms with Crippen molar-refractivity contribution >= 4 is 24.5 Å². The number of hydrogen-bond acceptors (Lipinski definition) is 4. The summed E-state index contributed by atoms with van der Waals surface area (Å²) in [4.78, 5) is 21.7. The van der Waals surface area contributed by atoms with E-state index >= 15 is 0 Å². The Bertz CT molecular complexity index is 218. The summed E-state index contributed by atoms with van der Waals surface area (Å²) >= 11 is 3.83. The molecule has 0 aromatic heterocycles. The van der Waals surface area contributed by atoms with Crippen molar-refractivity contribution in [1.29, 1.82) is 0 Å². The van der Waals surface area contributed by atoms with E-state index in [1.807, 2.05) is 0 Å². The first-order chi connectivity index (χ1) is 6.15. The fraction of sp³-hybridized carbons (Fsp3) is 0.714. The molecule has 13 heavy (non-hydrogen) atoms. The first kappa shape index (κ1) is 10.3. The van der Waals surface area contributed by atoms with E-state index < -0.39 is 12.0 Å². The quantitative estimate of drug-likeness (QED) is 0.436. The van der Waals surface area contributed by atoms with Gasteiger partial charge >= 0.3 is 5.97 Å². The van der Waals surface area contributed by atoms with Gasteiger partial charge in [0.15, 0.2) is 0 Å². The first-order valence-corrected chi connectivity index (χ1v) is 4.66. The fourth-order valence-electron chi connectivity index (χ4n) is 0.970. The topological polar surface area (TPSA) is 78.4 Å². The number of carboxylic acids is 1. The number of rotatable bonds is 4. The van der Waals surface area contributed by atoms with Gasteiger partial charge in [0.1, 0.15) is 6.04 Å². The van der Waals surface area contributed by atoms with Crippen LogP contribution in [0.25, 0.3) is 0 Å². The molecule has 1 saturated heterocycles. The molecule has 5 nitrogen and oxygen atoms in total. The van der Waals surface area contributed by atoms with Crippen LogP contribution in [0.4, 0.5) is 0 Å². The van der Waals surface area contributed by atoms with Crippen molar-refractivity contribution < 1.29 is 14.7 Å². The van der Waals surface area contributed by atoms with Gasteiger partial charge in [-0.15, -0.1) is 0 Å². The summed E-state index contributed by atoms with van der Waals surface area (Å²) in [5.41, 5.74) is 0. The number of nitrogens with one attached hydrogen (secondary N) is 2. The van der Waals surface area contributed by atoms with E-state index in [1.165, 1.54) is 0 Å². The molecule has 0 aromatic rings. The summed E-state index contributed by atoms with van der Waals surface area (Å²) in [6, 6.07) is -1.11. The summed E-state index contributed by atoms with van der Waals surface area (Å²) in [6.45, 7) is 0.816. The van der Waals surface area contributed by atoms with Crippen LogP contribution in [-0.4, -0.2) is 41.4 Å². The average Bonchev–Trinajstić information content (AvgIpc) is 1.96. The van der Waals surface area contributed by atoms with Gasteiger partial charge < -0.3 is 15.7 Å². The lowest BCUT2D eigenvalue weighted by atomic mass is 10.1. The lowest BCUT2D eigenvalue weighted by molar-refractivity contribution is -0.141. The molecule has 0 aliphatic carbocycles. The molecule has 1 fully saturated rings. The molecule has 0 radical (unpaired) electrons. The number of aliphatic carboxylic acids is 1. The van der Waals surface area contributed by atoms with E-state index in [4.69, 9.17) is 5.11 Å². The molecule has 3 N–H and O–H groups in total. The van der Waals surface area contributed by atoms with E-state index in [-0.39, 0.29) is 17.7 Å². The molecule has 1 aliphatic rings. The van der Waals surface area contributed by atoms with Gasteiger partial charge in [0, 0.05) is 5.75 Å². The van der Waals surface area contributed by atoms with Crippen molar-refractivity contribution in [2.24, 2.45) is 0 Å². The molecule has 0 aromatic carbocycles. The predicted molar refractivity (Wildman–Crippen MR) is 49.8 cm³/mol. The van der Waals surface area contributed by atoms with Crippen molar-refractivity contribution in [3.8, 4) is 0 Å². The maximum absolute atomic E-state index is 11.2. The lowest BCUT2D eigenvalue weighted by Crippen LogP contribution is -2.56. The van der Waals surface area contributed by atoms with Gasteiger partial charge in [-0.2, -0.15) is 12.6 Å². The maximum atomic E-state index is 11.2. The smallest absolute Gasteiger partial charge is 0.327 e. The van der Waals surface area contributed by atoms with Gasteiger partial charge in [0.2, 0.25) is 5.91 Å². The Morgan fingerprint density at radius 3 is 2.62 bits per heavy atom. The maximum Gasteiger partial charge on any atom is 0.327 e. The van der Waals surface area contributed by atoms with Crippen LogP contribution in [0, 0.1) is 0 Å². The lowest BCUT2D eigenvalue weighted by Gasteiger charge is -2.27. The molecule has 1 amide bonds. The largest absolute Gasteiger partial charge is 0.480 e. The summed E-state index contributed by atoms with van der Waals surface area (Å²) in [5.74, 6) is -1.20. The number of carboxylic acid groups (broad SMARTS) is 1. The highest BCUT2D eigenvalue weighted by molar-refractivity contribution is 7.80. The van der Waals surface area contributed by atoms with Crippen LogP contribution < -0.4 is 10.6 Å². The number of carbonyl (C=O) groups is 2. The molecule has 2 atom stereocenters. The summed E-state index contributed by atoms with van der Waals surface area (Å²) < 4.78 is 0. The molecular formula is C7H12N2O3S. The van der Waals surface area contributed by atoms with E-state index in [1.54, 1.807) is 0 Å². The van der Waals surface area contributed by atoms with Crippen LogP contribution in [0.2, 0.25) is 0 Å². The minimum Gasteiger partial charge on any atom is -0.480 e. The first-order valence-electron chi connectivity index (χ1n) is 4.02. The Kier molecular flexibility index (Phi) is 3.56. The highest BCUT2D eigenvalue weighted by Crippen LogP contribution is 2.02. The third-order valence-electron chi connectivity index (χ3n) is 1.94. The summed E-state index contributed by atoms with van der Waals surface area (Å²) in [7, 11) is 0. The molecular weight excluding hydrogens is 192 g/mol. The van der Waals surface area contributed by atoms with Crippen LogP contribution >= 0.6 is 12.6 Å². The molecule has 0 saturated carbocycles. The second-order valence-electron chi connectivity index (χ2n) is 2.88. The van der Waals surface area contributed by atoms with Crippen molar-refractivity contribution in [3.63, 3.8) is 0 Å². The molecule has 6 heteroatoms. The zero-order chi connectivity index (χ0) is 9.84. The molecule has 1 rings (SSSR count). The van der Waals surface area contributed by atoms with Gasteiger partial charge in [-0.1, -0.05) is 0 Å². The molecule has 0 spiro atoms. The van der Waals surface area contributed by atoms with E-state index in [0.29, 0.717) is 0 Å². The number of hydrogen-bond donors (Lipinski definition) is 4. The van der Waals surface area contributed by atoms with Gasteiger partial charge in [-0.3, -0.25) is 4.79 Å². The van der Waals surface area contributed by atoms with Gasteiger partial charge in [-0.25, -0.2) is 4.79 Å². The zero-order valence-corrected chi connectivity index (χ0v) is 7.88. The Hall–Kier alpha value is -0.750. The number of carbonyl (C=O) groups excluding carboxylic acids is 1. The standard InChI is InChI=1S/C7H12N2O3S/c10-6(4-1-2-8-4)9-5(3-13)7(11)12/h4-5,8,13H,1-3H2,(H,9,10)(H,11,12). The van der Waals surface area contributed by atoms with E-state index in [0.717, 1.165) is 13.0 Å². The Morgan fingerprint density at radius 2 is 2.31 bits per heavy atom. The molecule has 1 aliphatic heterocycles. The van der Waals surface area contributed by atoms with Crippen molar-refractivity contribution in [2.45, 2.75) is 18.5 Å². The van der Waals surface area contributed by atoms with Crippen molar-refractivity contribution in [3.05, 3.63) is 0 Å². The van der Waals surface area contributed by atoms with Crippen LogP contribution in [-0.2, 0) is 9.59 Å². The third-order valence-corrected chi connectivity index (χ3v) is 2.30. The fourth-order valence-corrected chi connectivity index (χ4v) is 1.22.